The molecule has 3 rings (SSSR count). The topological polar surface area (TPSA) is 29.5 Å². The van der Waals surface area contributed by atoms with Gasteiger partial charge in [-0.1, -0.05) is 34.1 Å². The van der Waals surface area contributed by atoms with E-state index in [1.165, 1.54) is 5.56 Å². The van der Waals surface area contributed by atoms with E-state index in [9.17, 15) is 5.11 Å². The molecule has 2 aromatic rings. The molecule has 1 unspecified atom stereocenters. The predicted molar refractivity (Wildman–Crippen MR) is 91.3 cm³/mol. The summed E-state index contributed by atoms with van der Waals surface area (Å²) in [6.45, 7) is 2.75. The number of benzene rings is 2. The van der Waals surface area contributed by atoms with Crippen molar-refractivity contribution in [3.05, 3.63) is 60.6 Å². The third-order valence-corrected chi connectivity index (χ3v) is 5.52. The van der Waals surface area contributed by atoms with Gasteiger partial charge in [0.2, 0.25) is 0 Å². The molecular formula is C16H14BrIO2. The molecule has 0 aromatic heterocycles. The fraction of sp³-hybridized carbons (Fsp3) is 0.250. The molecule has 0 bridgehead atoms. The van der Waals surface area contributed by atoms with E-state index < -0.39 is 6.10 Å². The van der Waals surface area contributed by atoms with Crippen LogP contribution in [0.4, 0.5) is 0 Å². The van der Waals surface area contributed by atoms with Crippen molar-refractivity contribution < 1.29 is 9.84 Å². The van der Waals surface area contributed by atoms with Crippen LogP contribution in [0.25, 0.3) is 0 Å². The lowest BCUT2D eigenvalue weighted by atomic mass is 9.97. The zero-order chi connectivity index (χ0) is 14.3. The van der Waals surface area contributed by atoms with Gasteiger partial charge in [0.05, 0.1) is 6.61 Å². The van der Waals surface area contributed by atoms with Crippen molar-refractivity contribution in [2.45, 2.75) is 19.4 Å². The quantitative estimate of drug-likeness (QED) is 0.696. The first kappa shape index (κ1) is 14.4. The lowest BCUT2D eigenvalue weighted by Crippen LogP contribution is -2.05. The fourth-order valence-electron chi connectivity index (χ4n) is 2.55. The smallest absolute Gasteiger partial charge is 0.128 e. The standard InChI is InChI=1S/C16H14BrIO2/c1-9-3-2-4-12(14(9)18)15(19)13-8-11(17)7-10-5-6-20-16(10)13/h2-4,7-8,15,19H,5-6H2,1H3. The molecule has 2 aromatic carbocycles. The summed E-state index contributed by atoms with van der Waals surface area (Å²) in [5, 5.41) is 10.8. The summed E-state index contributed by atoms with van der Waals surface area (Å²) < 4.78 is 7.80. The highest BCUT2D eigenvalue weighted by molar-refractivity contribution is 14.1. The molecule has 104 valence electrons. The van der Waals surface area contributed by atoms with Crippen molar-refractivity contribution in [1.82, 2.24) is 0 Å². The van der Waals surface area contributed by atoms with E-state index in [0.29, 0.717) is 6.61 Å². The van der Waals surface area contributed by atoms with Crippen molar-refractivity contribution in [1.29, 1.82) is 0 Å². The van der Waals surface area contributed by atoms with Crippen LogP contribution in [0.2, 0.25) is 0 Å². The first-order valence-corrected chi connectivity index (χ1v) is 8.33. The van der Waals surface area contributed by atoms with Gasteiger partial charge in [-0.2, -0.15) is 0 Å². The number of hydrogen-bond donors (Lipinski definition) is 1. The number of hydrogen-bond acceptors (Lipinski definition) is 2. The summed E-state index contributed by atoms with van der Waals surface area (Å²) in [5.74, 6) is 0.845. The molecule has 20 heavy (non-hydrogen) atoms. The largest absolute Gasteiger partial charge is 0.493 e. The van der Waals surface area contributed by atoms with Crippen LogP contribution in [0, 0.1) is 10.5 Å². The monoisotopic (exact) mass is 444 g/mol. The minimum Gasteiger partial charge on any atom is -0.493 e. The minimum absolute atomic E-state index is 0.661. The van der Waals surface area contributed by atoms with Gasteiger partial charge in [-0.05, 0) is 58.3 Å². The molecule has 1 aliphatic heterocycles. The number of rotatable bonds is 2. The maximum absolute atomic E-state index is 10.8. The molecule has 1 aliphatic rings. The third-order valence-electron chi connectivity index (χ3n) is 3.59. The Bertz CT molecular complexity index is 670. The molecule has 0 spiro atoms. The zero-order valence-corrected chi connectivity index (χ0v) is 14.7. The van der Waals surface area contributed by atoms with Gasteiger partial charge in [0.15, 0.2) is 0 Å². The highest BCUT2D eigenvalue weighted by Gasteiger charge is 2.24. The number of aryl methyl sites for hydroxylation is 1. The van der Waals surface area contributed by atoms with Gasteiger partial charge in [0.1, 0.15) is 11.9 Å². The van der Waals surface area contributed by atoms with Gasteiger partial charge >= 0.3 is 0 Å². The minimum atomic E-state index is -0.661. The SMILES string of the molecule is Cc1cccc(C(O)c2cc(Br)cc3c2OCC3)c1I. The highest BCUT2D eigenvalue weighted by Crippen LogP contribution is 2.39. The second kappa shape index (κ2) is 5.66. The summed E-state index contributed by atoms with van der Waals surface area (Å²) in [6, 6.07) is 10.0. The first-order chi connectivity index (χ1) is 9.58. The lowest BCUT2D eigenvalue weighted by molar-refractivity contribution is 0.212. The van der Waals surface area contributed by atoms with Crippen LogP contribution in [0.1, 0.15) is 28.4 Å². The number of aliphatic hydroxyl groups excluding tert-OH is 1. The van der Waals surface area contributed by atoms with Crippen molar-refractivity contribution >= 4 is 38.5 Å². The van der Waals surface area contributed by atoms with E-state index in [4.69, 9.17) is 4.74 Å². The van der Waals surface area contributed by atoms with Crippen LogP contribution in [-0.4, -0.2) is 11.7 Å². The molecule has 0 fully saturated rings. The van der Waals surface area contributed by atoms with Gasteiger partial charge in [-0.3, -0.25) is 0 Å². The van der Waals surface area contributed by atoms with E-state index in [-0.39, 0.29) is 0 Å². The Labute approximate surface area is 140 Å². The van der Waals surface area contributed by atoms with Crippen LogP contribution < -0.4 is 4.74 Å². The Morgan fingerprint density at radius 2 is 2.10 bits per heavy atom. The molecule has 0 radical (unpaired) electrons. The Morgan fingerprint density at radius 3 is 2.90 bits per heavy atom. The Kier molecular flexibility index (Phi) is 4.06. The molecular weight excluding hydrogens is 431 g/mol. The number of ether oxygens (including phenoxy) is 1. The van der Waals surface area contributed by atoms with Crippen molar-refractivity contribution in [2.24, 2.45) is 0 Å². The molecule has 0 aliphatic carbocycles. The maximum atomic E-state index is 10.8. The summed E-state index contributed by atoms with van der Waals surface area (Å²) >= 11 is 5.81. The average molecular weight is 445 g/mol. The van der Waals surface area contributed by atoms with Crippen molar-refractivity contribution in [3.8, 4) is 5.75 Å². The molecule has 1 atom stereocenters. The van der Waals surface area contributed by atoms with Crippen LogP contribution >= 0.6 is 38.5 Å². The van der Waals surface area contributed by atoms with Gasteiger partial charge in [0, 0.05) is 20.0 Å². The van der Waals surface area contributed by atoms with Gasteiger partial charge in [-0.15, -0.1) is 0 Å². The van der Waals surface area contributed by atoms with Crippen LogP contribution in [-0.2, 0) is 6.42 Å². The average Bonchev–Trinajstić information content (AvgIpc) is 2.88. The number of aliphatic hydroxyl groups is 1. The molecule has 0 amide bonds. The number of fused-ring (bicyclic) bond motifs is 1. The van der Waals surface area contributed by atoms with E-state index >= 15 is 0 Å². The lowest BCUT2D eigenvalue weighted by Gasteiger charge is -2.18. The molecule has 0 saturated carbocycles. The van der Waals surface area contributed by atoms with Crippen LogP contribution in [0.15, 0.2) is 34.8 Å². The van der Waals surface area contributed by atoms with Crippen molar-refractivity contribution in [3.63, 3.8) is 0 Å². The molecule has 1 N–H and O–H groups in total. The summed E-state index contributed by atoms with van der Waals surface area (Å²) in [5.41, 5.74) is 4.11. The van der Waals surface area contributed by atoms with Crippen molar-refractivity contribution in [2.75, 3.05) is 6.61 Å². The second-order valence-corrected chi connectivity index (χ2v) is 6.96. The summed E-state index contributed by atoms with van der Waals surface area (Å²) in [6.07, 6.45) is 0.241. The van der Waals surface area contributed by atoms with E-state index in [1.54, 1.807) is 0 Å². The normalized spacial score (nSPS) is 14.8. The Hall–Kier alpha value is -0.590. The first-order valence-electron chi connectivity index (χ1n) is 6.46. The molecule has 1 heterocycles. The van der Waals surface area contributed by atoms with Crippen LogP contribution in [0.3, 0.4) is 0 Å². The Morgan fingerprint density at radius 1 is 1.30 bits per heavy atom. The van der Waals surface area contributed by atoms with Gasteiger partial charge < -0.3 is 9.84 Å². The molecule has 2 nitrogen and oxygen atoms in total. The van der Waals surface area contributed by atoms with E-state index in [1.807, 2.05) is 18.2 Å². The van der Waals surface area contributed by atoms with Gasteiger partial charge in [-0.25, -0.2) is 0 Å². The fourth-order valence-corrected chi connectivity index (χ4v) is 3.73. The number of halogens is 2. The maximum Gasteiger partial charge on any atom is 0.128 e. The van der Waals surface area contributed by atoms with E-state index in [2.05, 4.69) is 57.6 Å². The second-order valence-electron chi connectivity index (χ2n) is 4.96. The predicted octanol–water partition coefficient (Wildman–Crippen LogP) is 4.38. The van der Waals surface area contributed by atoms with Gasteiger partial charge in [0.25, 0.3) is 0 Å². The Balaban J connectivity index is 2.11. The molecule has 0 saturated heterocycles. The summed E-state index contributed by atoms with van der Waals surface area (Å²) in [7, 11) is 0. The molecule has 4 heteroatoms. The third kappa shape index (κ3) is 2.49. The van der Waals surface area contributed by atoms with Crippen LogP contribution in [0.5, 0.6) is 5.75 Å². The zero-order valence-electron chi connectivity index (χ0n) is 11.0. The van der Waals surface area contributed by atoms with E-state index in [0.717, 1.165) is 36.9 Å². The summed E-state index contributed by atoms with van der Waals surface area (Å²) in [4.78, 5) is 0. The highest BCUT2D eigenvalue weighted by atomic mass is 127.